The summed E-state index contributed by atoms with van der Waals surface area (Å²) in [7, 11) is 3.52. The Morgan fingerprint density at radius 1 is 1.62 bits per heavy atom. The van der Waals surface area contributed by atoms with E-state index in [0.29, 0.717) is 6.61 Å². The number of methoxy groups -OCH3 is 1. The first-order chi connectivity index (χ1) is 6.20. The molecule has 0 aliphatic carbocycles. The molecule has 76 valence electrons. The first-order valence-electron chi connectivity index (χ1n) is 4.71. The van der Waals surface area contributed by atoms with E-state index < -0.39 is 0 Å². The van der Waals surface area contributed by atoms with Crippen LogP contribution < -0.4 is 0 Å². The van der Waals surface area contributed by atoms with E-state index in [1.165, 1.54) is 0 Å². The summed E-state index contributed by atoms with van der Waals surface area (Å²) < 4.78 is 5.08. The zero-order chi connectivity index (χ0) is 9.84. The molecule has 0 N–H and O–H groups in total. The number of likely N-dealkylation sites (N-methyl/N-ethyl adjacent to an activating group) is 1. The molecule has 4 heteroatoms. The van der Waals surface area contributed by atoms with Gasteiger partial charge in [0, 0.05) is 27.2 Å². The average molecular weight is 186 g/mol. The van der Waals surface area contributed by atoms with Gasteiger partial charge in [-0.2, -0.15) is 0 Å². The quantitative estimate of drug-likeness (QED) is 0.652. The summed E-state index contributed by atoms with van der Waals surface area (Å²) in [5.74, 6) is 0. The van der Waals surface area contributed by atoms with Crippen LogP contribution in [0.1, 0.15) is 13.3 Å². The van der Waals surface area contributed by atoms with Crippen molar-refractivity contribution in [3.05, 3.63) is 0 Å². The third-order valence-corrected chi connectivity index (χ3v) is 2.51. The average Bonchev–Trinajstić information content (AvgIpc) is 2.12. The molecule has 1 aliphatic heterocycles. The Labute approximate surface area is 79.4 Å². The van der Waals surface area contributed by atoms with Gasteiger partial charge in [-0.05, 0) is 13.3 Å². The lowest BCUT2D eigenvalue weighted by molar-refractivity contribution is 0.0639. The Hall–Kier alpha value is -0.770. The van der Waals surface area contributed by atoms with Gasteiger partial charge in [-0.15, -0.1) is 0 Å². The van der Waals surface area contributed by atoms with Crippen LogP contribution in [-0.2, 0) is 4.74 Å². The standard InChI is InChI=1S/C9H18N2O2/c1-4-11-8(7-13-3)5-6-10(2)9(11)12/h8H,4-7H2,1-3H3/t8-/m1/s1. The second-order valence-electron chi connectivity index (χ2n) is 3.39. The van der Waals surface area contributed by atoms with Gasteiger partial charge in [-0.1, -0.05) is 0 Å². The minimum absolute atomic E-state index is 0.121. The number of urea groups is 1. The summed E-state index contributed by atoms with van der Waals surface area (Å²) in [5, 5.41) is 0. The van der Waals surface area contributed by atoms with Gasteiger partial charge < -0.3 is 14.5 Å². The lowest BCUT2D eigenvalue weighted by Crippen LogP contribution is -2.54. The van der Waals surface area contributed by atoms with Gasteiger partial charge in [-0.3, -0.25) is 0 Å². The second-order valence-corrected chi connectivity index (χ2v) is 3.39. The van der Waals surface area contributed by atoms with Gasteiger partial charge >= 0.3 is 6.03 Å². The van der Waals surface area contributed by atoms with Crippen LogP contribution in [0.3, 0.4) is 0 Å². The topological polar surface area (TPSA) is 32.8 Å². The van der Waals surface area contributed by atoms with Crippen molar-refractivity contribution in [3.63, 3.8) is 0 Å². The van der Waals surface area contributed by atoms with Gasteiger partial charge in [0.15, 0.2) is 0 Å². The molecule has 0 saturated carbocycles. The molecule has 0 spiro atoms. The number of ether oxygens (including phenoxy) is 1. The molecule has 0 aromatic rings. The highest BCUT2D eigenvalue weighted by Crippen LogP contribution is 2.14. The fraction of sp³-hybridized carbons (Fsp3) is 0.889. The van der Waals surface area contributed by atoms with E-state index in [2.05, 4.69) is 0 Å². The lowest BCUT2D eigenvalue weighted by atomic mass is 10.1. The van der Waals surface area contributed by atoms with E-state index in [1.807, 2.05) is 18.9 Å². The maximum atomic E-state index is 11.6. The van der Waals surface area contributed by atoms with Gasteiger partial charge in [0.1, 0.15) is 0 Å². The molecule has 1 heterocycles. The molecular weight excluding hydrogens is 168 g/mol. The Bertz CT molecular complexity index is 184. The van der Waals surface area contributed by atoms with E-state index in [0.717, 1.165) is 19.5 Å². The summed E-state index contributed by atoms with van der Waals surface area (Å²) in [5.41, 5.74) is 0. The van der Waals surface area contributed by atoms with Crippen molar-refractivity contribution in [1.29, 1.82) is 0 Å². The zero-order valence-electron chi connectivity index (χ0n) is 8.62. The van der Waals surface area contributed by atoms with Gasteiger partial charge in [0.2, 0.25) is 0 Å². The Morgan fingerprint density at radius 2 is 2.31 bits per heavy atom. The minimum Gasteiger partial charge on any atom is -0.383 e. The highest BCUT2D eigenvalue weighted by Gasteiger charge is 2.29. The van der Waals surface area contributed by atoms with E-state index in [1.54, 1.807) is 12.0 Å². The van der Waals surface area contributed by atoms with Crippen molar-refractivity contribution in [2.45, 2.75) is 19.4 Å². The lowest BCUT2D eigenvalue weighted by Gasteiger charge is -2.39. The molecule has 2 amide bonds. The smallest absolute Gasteiger partial charge is 0.320 e. The van der Waals surface area contributed by atoms with Gasteiger partial charge in [0.25, 0.3) is 0 Å². The number of hydrogen-bond donors (Lipinski definition) is 0. The van der Waals surface area contributed by atoms with E-state index in [4.69, 9.17) is 4.74 Å². The molecule has 0 unspecified atom stereocenters. The molecule has 13 heavy (non-hydrogen) atoms. The molecule has 1 rings (SSSR count). The Morgan fingerprint density at radius 3 is 2.85 bits per heavy atom. The van der Waals surface area contributed by atoms with Crippen LogP contribution in [0.2, 0.25) is 0 Å². The number of hydrogen-bond acceptors (Lipinski definition) is 2. The van der Waals surface area contributed by atoms with E-state index in [-0.39, 0.29) is 12.1 Å². The number of rotatable bonds is 3. The van der Waals surface area contributed by atoms with Crippen molar-refractivity contribution in [2.24, 2.45) is 0 Å². The number of amides is 2. The van der Waals surface area contributed by atoms with Crippen LogP contribution in [-0.4, -0.2) is 55.7 Å². The highest BCUT2D eigenvalue weighted by molar-refractivity contribution is 5.75. The number of carbonyl (C=O) groups is 1. The van der Waals surface area contributed by atoms with Crippen molar-refractivity contribution >= 4 is 6.03 Å². The maximum absolute atomic E-state index is 11.6. The van der Waals surface area contributed by atoms with Crippen molar-refractivity contribution in [1.82, 2.24) is 9.80 Å². The Balaban J connectivity index is 2.60. The predicted octanol–water partition coefficient (Wildman–Crippen LogP) is 0.779. The SMILES string of the molecule is CCN1C(=O)N(C)CC[C@@H]1COC. The molecule has 0 aromatic carbocycles. The van der Waals surface area contributed by atoms with Crippen molar-refractivity contribution in [3.8, 4) is 0 Å². The van der Waals surface area contributed by atoms with Crippen LogP contribution in [0.15, 0.2) is 0 Å². The summed E-state index contributed by atoms with van der Waals surface area (Å²) in [6.45, 7) is 4.24. The summed E-state index contributed by atoms with van der Waals surface area (Å²) >= 11 is 0. The van der Waals surface area contributed by atoms with Gasteiger partial charge in [0.05, 0.1) is 12.6 Å². The highest BCUT2D eigenvalue weighted by atomic mass is 16.5. The molecule has 1 fully saturated rings. The monoisotopic (exact) mass is 186 g/mol. The first-order valence-corrected chi connectivity index (χ1v) is 4.71. The molecular formula is C9H18N2O2. The zero-order valence-corrected chi connectivity index (χ0v) is 8.62. The minimum atomic E-state index is 0.121. The van der Waals surface area contributed by atoms with Crippen LogP contribution in [0.25, 0.3) is 0 Å². The molecule has 1 atom stereocenters. The van der Waals surface area contributed by atoms with Crippen molar-refractivity contribution in [2.75, 3.05) is 33.9 Å². The fourth-order valence-electron chi connectivity index (χ4n) is 1.73. The molecule has 4 nitrogen and oxygen atoms in total. The van der Waals surface area contributed by atoms with Crippen LogP contribution >= 0.6 is 0 Å². The van der Waals surface area contributed by atoms with Crippen LogP contribution in [0.4, 0.5) is 4.79 Å². The molecule has 0 radical (unpaired) electrons. The van der Waals surface area contributed by atoms with Crippen LogP contribution in [0, 0.1) is 0 Å². The predicted molar refractivity (Wildman–Crippen MR) is 50.7 cm³/mol. The van der Waals surface area contributed by atoms with E-state index >= 15 is 0 Å². The summed E-state index contributed by atoms with van der Waals surface area (Å²) in [4.78, 5) is 15.3. The Kier molecular flexibility index (Phi) is 3.54. The molecule has 1 saturated heterocycles. The molecule has 0 bridgehead atoms. The van der Waals surface area contributed by atoms with E-state index in [9.17, 15) is 4.79 Å². The maximum Gasteiger partial charge on any atom is 0.320 e. The first kappa shape index (κ1) is 10.3. The van der Waals surface area contributed by atoms with Crippen LogP contribution in [0.5, 0.6) is 0 Å². The third kappa shape index (κ3) is 2.12. The normalized spacial score (nSPS) is 23.9. The van der Waals surface area contributed by atoms with Gasteiger partial charge in [-0.25, -0.2) is 4.79 Å². The molecule has 1 aliphatic rings. The number of nitrogens with zero attached hydrogens (tertiary/aromatic N) is 2. The molecule has 0 aromatic heterocycles. The number of carbonyl (C=O) groups excluding carboxylic acids is 1. The summed E-state index contributed by atoms with van der Waals surface area (Å²) in [6.07, 6.45) is 1.00. The van der Waals surface area contributed by atoms with Crippen molar-refractivity contribution < 1.29 is 9.53 Å². The summed E-state index contributed by atoms with van der Waals surface area (Å²) in [6, 6.07) is 0.384. The fourth-order valence-corrected chi connectivity index (χ4v) is 1.73. The second kappa shape index (κ2) is 4.46. The third-order valence-electron chi connectivity index (χ3n) is 2.51. The largest absolute Gasteiger partial charge is 0.383 e.